The Labute approximate surface area is 119 Å². The molecule has 0 radical (unpaired) electrons. The first-order valence-electron chi connectivity index (χ1n) is 8.08. The van der Waals surface area contributed by atoms with E-state index in [4.69, 9.17) is 0 Å². The zero-order valence-corrected chi connectivity index (χ0v) is 13.4. The van der Waals surface area contributed by atoms with Gasteiger partial charge in [-0.2, -0.15) is 0 Å². The maximum absolute atomic E-state index is 3.51. The van der Waals surface area contributed by atoms with Crippen molar-refractivity contribution >= 4 is 0 Å². The fraction of sp³-hybridized carbons (Fsp3) is 0.882. The van der Waals surface area contributed by atoms with Crippen LogP contribution in [0.4, 0.5) is 0 Å². The van der Waals surface area contributed by atoms with Crippen molar-refractivity contribution in [1.29, 1.82) is 0 Å². The number of hydrogen-bond acceptors (Lipinski definition) is 2. The predicted molar refractivity (Wildman–Crippen MR) is 83.4 cm³/mol. The van der Waals surface area contributed by atoms with Crippen LogP contribution in [-0.4, -0.2) is 37.6 Å². The van der Waals surface area contributed by atoms with Crippen LogP contribution in [0.5, 0.6) is 0 Å². The molecule has 2 nitrogen and oxygen atoms in total. The SMILES string of the molecule is CCC1(CN2CC=C(C(C)(C)C)CC2)CCNCC1. The van der Waals surface area contributed by atoms with Crippen LogP contribution in [0.1, 0.15) is 53.4 Å². The van der Waals surface area contributed by atoms with Crippen LogP contribution < -0.4 is 5.32 Å². The number of rotatable bonds is 3. The summed E-state index contributed by atoms with van der Waals surface area (Å²) in [6, 6.07) is 0. The zero-order valence-electron chi connectivity index (χ0n) is 13.4. The summed E-state index contributed by atoms with van der Waals surface area (Å²) in [4.78, 5) is 2.68. The maximum atomic E-state index is 3.51. The van der Waals surface area contributed by atoms with Crippen LogP contribution in [0, 0.1) is 10.8 Å². The summed E-state index contributed by atoms with van der Waals surface area (Å²) in [5.41, 5.74) is 2.60. The van der Waals surface area contributed by atoms with E-state index in [1.807, 2.05) is 0 Å². The zero-order chi connectivity index (χ0) is 13.9. The molecule has 0 saturated carbocycles. The number of nitrogens with zero attached hydrogens (tertiary/aromatic N) is 1. The average Bonchev–Trinajstić information content (AvgIpc) is 2.39. The summed E-state index contributed by atoms with van der Waals surface area (Å²) in [7, 11) is 0. The Kier molecular flexibility index (Phi) is 4.73. The van der Waals surface area contributed by atoms with Crippen molar-refractivity contribution in [2.45, 2.75) is 53.4 Å². The van der Waals surface area contributed by atoms with E-state index in [1.54, 1.807) is 5.57 Å². The largest absolute Gasteiger partial charge is 0.317 e. The molecule has 0 unspecified atom stereocenters. The second-order valence-corrected chi connectivity index (χ2v) is 7.57. The molecule has 0 spiro atoms. The molecular weight excluding hydrogens is 232 g/mol. The van der Waals surface area contributed by atoms with Crippen molar-refractivity contribution in [3.63, 3.8) is 0 Å². The van der Waals surface area contributed by atoms with Crippen molar-refractivity contribution in [1.82, 2.24) is 10.2 Å². The molecule has 2 heteroatoms. The van der Waals surface area contributed by atoms with Gasteiger partial charge in [0.2, 0.25) is 0 Å². The van der Waals surface area contributed by atoms with Gasteiger partial charge in [0.1, 0.15) is 0 Å². The molecule has 19 heavy (non-hydrogen) atoms. The maximum Gasteiger partial charge on any atom is 0.0166 e. The fourth-order valence-corrected chi connectivity index (χ4v) is 3.59. The molecule has 1 fully saturated rings. The molecule has 1 N–H and O–H groups in total. The first kappa shape index (κ1) is 15.1. The smallest absolute Gasteiger partial charge is 0.0166 e. The number of piperidine rings is 1. The van der Waals surface area contributed by atoms with E-state index in [0.717, 1.165) is 0 Å². The standard InChI is InChI=1S/C17H32N2/c1-5-17(8-10-18-11-9-17)14-19-12-6-15(7-13-19)16(2,3)4/h6,18H,5,7-14H2,1-4H3. The summed E-state index contributed by atoms with van der Waals surface area (Å²) in [5, 5.41) is 3.51. The third kappa shape index (κ3) is 3.82. The summed E-state index contributed by atoms with van der Waals surface area (Å²) < 4.78 is 0. The second-order valence-electron chi connectivity index (χ2n) is 7.57. The van der Waals surface area contributed by atoms with E-state index < -0.39 is 0 Å². The van der Waals surface area contributed by atoms with Gasteiger partial charge >= 0.3 is 0 Å². The lowest BCUT2D eigenvalue weighted by Crippen LogP contribution is -2.45. The molecule has 0 aromatic carbocycles. The van der Waals surface area contributed by atoms with Crippen molar-refractivity contribution < 1.29 is 0 Å². The quantitative estimate of drug-likeness (QED) is 0.786. The van der Waals surface area contributed by atoms with E-state index in [9.17, 15) is 0 Å². The summed E-state index contributed by atoms with van der Waals surface area (Å²) in [5.74, 6) is 0. The summed E-state index contributed by atoms with van der Waals surface area (Å²) >= 11 is 0. The van der Waals surface area contributed by atoms with Gasteiger partial charge in [0, 0.05) is 19.6 Å². The Hall–Kier alpha value is -0.340. The summed E-state index contributed by atoms with van der Waals surface area (Å²) in [6.45, 7) is 15.6. The molecule has 110 valence electrons. The van der Waals surface area contributed by atoms with Crippen LogP contribution in [0.25, 0.3) is 0 Å². The van der Waals surface area contributed by atoms with Crippen molar-refractivity contribution in [3.8, 4) is 0 Å². The van der Waals surface area contributed by atoms with Crippen LogP contribution >= 0.6 is 0 Å². The summed E-state index contributed by atoms with van der Waals surface area (Å²) in [6.07, 6.45) is 7.81. The number of nitrogens with one attached hydrogen (secondary N) is 1. The van der Waals surface area contributed by atoms with Gasteiger partial charge in [0.25, 0.3) is 0 Å². The Morgan fingerprint density at radius 1 is 1.26 bits per heavy atom. The Morgan fingerprint density at radius 3 is 2.42 bits per heavy atom. The normalized spacial score (nSPS) is 25.2. The van der Waals surface area contributed by atoms with E-state index in [0.29, 0.717) is 10.8 Å². The molecule has 2 aliphatic rings. The minimum atomic E-state index is 0.364. The van der Waals surface area contributed by atoms with Gasteiger partial charge in [-0.25, -0.2) is 0 Å². The molecule has 2 aliphatic heterocycles. The first-order chi connectivity index (χ1) is 8.95. The van der Waals surface area contributed by atoms with Crippen LogP contribution in [0.15, 0.2) is 11.6 Å². The predicted octanol–water partition coefficient (Wildman–Crippen LogP) is 3.44. The highest BCUT2D eigenvalue weighted by molar-refractivity contribution is 5.14. The molecule has 0 amide bonds. The van der Waals surface area contributed by atoms with Crippen LogP contribution in [-0.2, 0) is 0 Å². The Bertz CT molecular complexity index is 319. The molecular formula is C17H32N2. The highest BCUT2D eigenvalue weighted by Gasteiger charge is 2.33. The van der Waals surface area contributed by atoms with Gasteiger partial charge in [-0.15, -0.1) is 0 Å². The van der Waals surface area contributed by atoms with E-state index in [1.165, 1.54) is 58.4 Å². The lowest BCUT2D eigenvalue weighted by molar-refractivity contribution is 0.110. The Balaban J connectivity index is 1.93. The van der Waals surface area contributed by atoms with Gasteiger partial charge in [-0.3, -0.25) is 4.90 Å². The topological polar surface area (TPSA) is 15.3 Å². The van der Waals surface area contributed by atoms with Gasteiger partial charge in [0.15, 0.2) is 0 Å². The van der Waals surface area contributed by atoms with Gasteiger partial charge in [-0.05, 0) is 49.6 Å². The number of hydrogen-bond donors (Lipinski definition) is 1. The van der Waals surface area contributed by atoms with Crippen molar-refractivity contribution in [3.05, 3.63) is 11.6 Å². The van der Waals surface area contributed by atoms with E-state index >= 15 is 0 Å². The monoisotopic (exact) mass is 264 g/mol. The molecule has 0 aromatic rings. The van der Waals surface area contributed by atoms with Crippen LogP contribution in [0.2, 0.25) is 0 Å². The third-order valence-corrected chi connectivity index (χ3v) is 5.23. The highest BCUT2D eigenvalue weighted by atomic mass is 15.1. The van der Waals surface area contributed by atoms with Gasteiger partial charge in [0.05, 0.1) is 0 Å². The van der Waals surface area contributed by atoms with Gasteiger partial charge < -0.3 is 5.32 Å². The molecule has 0 bridgehead atoms. The van der Waals surface area contributed by atoms with E-state index in [2.05, 4.69) is 44.0 Å². The molecule has 2 heterocycles. The minimum Gasteiger partial charge on any atom is -0.317 e. The minimum absolute atomic E-state index is 0.364. The molecule has 2 rings (SSSR count). The third-order valence-electron chi connectivity index (χ3n) is 5.23. The lowest BCUT2D eigenvalue weighted by Gasteiger charge is -2.42. The molecule has 1 saturated heterocycles. The lowest BCUT2D eigenvalue weighted by atomic mass is 9.75. The molecule has 0 aromatic heterocycles. The molecule has 0 aliphatic carbocycles. The van der Waals surface area contributed by atoms with Crippen LogP contribution in [0.3, 0.4) is 0 Å². The van der Waals surface area contributed by atoms with E-state index in [-0.39, 0.29) is 0 Å². The Morgan fingerprint density at radius 2 is 1.95 bits per heavy atom. The van der Waals surface area contributed by atoms with Crippen molar-refractivity contribution in [2.75, 3.05) is 32.7 Å². The first-order valence-corrected chi connectivity index (χ1v) is 8.08. The molecule has 0 atom stereocenters. The fourth-order valence-electron chi connectivity index (χ4n) is 3.59. The average molecular weight is 264 g/mol. The second kappa shape index (κ2) is 5.97. The highest BCUT2D eigenvalue weighted by Crippen LogP contribution is 2.35. The van der Waals surface area contributed by atoms with Crippen molar-refractivity contribution in [2.24, 2.45) is 10.8 Å². The van der Waals surface area contributed by atoms with Gasteiger partial charge in [-0.1, -0.05) is 39.3 Å².